The van der Waals surface area contributed by atoms with E-state index in [4.69, 9.17) is 29.4 Å². The van der Waals surface area contributed by atoms with Crippen LogP contribution >= 0.6 is 12.4 Å². The van der Waals surface area contributed by atoms with Crippen LogP contribution in [0.5, 0.6) is 11.5 Å². The molecule has 0 aliphatic heterocycles. The summed E-state index contributed by atoms with van der Waals surface area (Å²) in [5, 5.41) is 0. The summed E-state index contributed by atoms with van der Waals surface area (Å²) in [6.45, 7) is 13.4. The number of ether oxygens (including phenoxy) is 5. The Morgan fingerprint density at radius 3 is 1.29 bits per heavy atom. The van der Waals surface area contributed by atoms with Gasteiger partial charge in [0, 0.05) is 11.8 Å². The molecular formula is C46H60ClNO8. The van der Waals surface area contributed by atoms with E-state index in [-0.39, 0.29) is 48.8 Å². The summed E-state index contributed by atoms with van der Waals surface area (Å²) >= 11 is 0. The minimum atomic E-state index is -0.625. The van der Waals surface area contributed by atoms with Crippen molar-refractivity contribution in [3.8, 4) is 11.5 Å². The lowest BCUT2D eigenvalue weighted by Gasteiger charge is -2.26. The fourth-order valence-electron chi connectivity index (χ4n) is 5.49. The quantitative estimate of drug-likeness (QED) is 0.0778. The van der Waals surface area contributed by atoms with Gasteiger partial charge in [-0.25, -0.2) is 0 Å². The largest absolute Gasteiger partial charge is 0.493 e. The highest BCUT2D eigenvalue weighted by Gasteiger charge is 2.28. The van der Waals surface area contributed by atoms with E-state index in [0.717, 1.165) is 23.5 Å². The average Bonchev–Trinajstić information content (AvgIpc) is 3.16. The zero-order valence-corrected chi connectivity index (χ0v) is 34.6. The van der Waals surface area contributed by atoms with E-state index >= 15 is 0 Å². The van der Waals surface area contributed by atoms with Crippen molar-refractivity contribution in [2.24, 2.45) is 23.5 Å². The van der Waals surface area contributed by atoms with Crippen LogP contribution in [-0.2, 0) is 41.4 Å². The van der Waals surface area contributed by atoms with E-state index in [9.17, 15) is 14.4 Å². The molecule has 0 saturated heterocycles. The predicted molar refractivity (Wildman–Crippen MR) is 223 cm³/mol. The van der Waals surface area contributed by atoms with E-state index in [2.05, 4.69) is 24.3 Å². The topological polar surface area (TPSA) is 123 Å². The molecule has 0 saturated carbocycles. The molecule has 56 heavy (non-hydrogen) atoms. The van der Waals surface area contributed by atoms with Crippen molar-refractivity contribution in [3.05, 3.63) is 132 Å². The van der Waals surface area contributed by atoms with Gasteiger partial charge in [-0.15, -0.1) is 12.4 Å². The molecule has 0 amide bonds. The Balaban J connectivity index is 0.000000392. The molecule has 0 radical (unpaired) electrons. The van der Waals surface area contributed by atoms with Gasteiger partial charge in [0.1, 0.15) is 35.3 Å². The minimum absolute atomic E-state index is 0. The Bertz CT molecular complexity index is 1680. The molecule has 0 heterocycles. The van der Waals surface area contributed by atoms with Gasteiger partial charge in [-0.1, -0.05) is 104 Å². The second-order valence-corrected chi connectivity index (χ2v) is 14.9. The van der Waals surface area contributed by atoms with Crippen LogP contribution in [0.4, 0.5) is 0 Å². The number of para-hydroxylation sites is 2. The predicted octanol–water partition coefficient (Wildman–Crippen LogP) is 8.85. The molecule has 0 spiro atoms. The molecule has 10 heteroatoms. The van der Waals surface area contributed by atoms with Crippen LogP contribution in [0.2, 0.25) is 0 Å². The Hall–Kier alpha value is -4.86. The average molecular weight is 790 g/mol. The Labute approximate surface area is 339 Å². The van der Waals surface area contributed by atoms with Crippen LogP contribution in [0.15, 0.2) is 121 Å². The van der Waals surface area contributed by atoms with Crippen molar-refractivity contribution in [1.82, 2.24) is 0 Å². The van der Waals surface area contributed by atoms with E-state index in [1.807, 2.05) is 111 Å². The summed E-state index contributed by atoms with van der Waals surface area (Å²) in [6, 6.07) is 38.8. The molecule has 0 aromatic heterocycles. The van der Waals surface area contributed by atoms with Crippen LogP contribution in [0.3, 0.4) is 0 Å². The fourth-order valence-corrected chi connectivity index (χ4v) is 5.49. The molecule has 0 bridgehead atoms. The van der Waals surface area contributed by atoms with E-state index in [1.165, 1.54) is 5.56 Å². The lowest BCUT2D eigenvalue weighted by Crippen LogP contribution is -2.36. The smallest absolute Gasteiger partial charge is 0.322 e. The lowest BCUT2D eigenvalue weighted by molar-refractivity contribution is -0.164. The van der Waals surface area contributed by atoms with Crippen LogP contribution in [0.1, 0.15) is 66.0 Å². The van der Waals surface area contributed by atoms with Crippen molar-refractivity contribution >= 4 is 30.3 Å². The number of nitrogens with two attached hydrogens (primary N) is 1. The first-order chi connectivity index (χ1) is 26.2. The number of hydrogen-bond donors (Lipinski definition) is 1. The summed E-state index contributed by atoms with van der Waals surface area (Å²) in [5.41, 5.74) is 7.35. The number of benzene rings is 4. The molecule has 6 atom stereocenters. The van der Waals surface area contributed by atoms with Crippen molar-refractivity contribution in [1.29, 1.82) is 0 Å². The molecule has 304 valence electrons. The summed E-state index contributed by atoms with van der Waals surface area (Å²) in [7, 11) is 0. The first-order valence-corrected chi connectivity index (χ1v) is 19.0. The second-order valence-electron chi connectivity index (χ2n) is 14.9. The van der Waals surface area contributed by atoms with Gasteiger partial charge in [-0.05, 0) is 89.8 Å². The standard InChI is InChI=1S/C26H34O5.C20H25NO3.ClH/c1-19(16-24(27)31-26(3,4)5)25(28)30-20(2)22(17-21-12-8-6-9-13-21)18-29-23-14-10-7-11-15-23;1-15(21)20(22)24-16(2)18(13-17-9-5-3-6-10-17)14-23-19-11-7-4-8-12-19;/h6-15,19-20,22H,16-18H2,1-5H3;3-12,15-16,18H,13-14,21H2,1-2H3;1H/t19-,20+,22-;15-,16-,18+;/m10./s1. The second kappa shape index (κ2) is 24.6. The van der Waals surface area contributed by atoms with Crippen LogP contribution in [0, 0.1) is 17.8 Å². The van der Waals surface area contributed by atoms with Crippen molar-refractivity contribution < 1.29 is 38.1 Å². The van der Waals surface area contributed by atoms with Gasteiger partial charge in [-0.2, -0.15) is 0 Å². The van der Waals surface area contributed by atoms with Crippen LogP contribution in [-0.4, -0.2) is 55.0 Å². The number of rotatable bonds is 18. The van der Waals surface area contributed by atoms with Gasteiger partial charge in [-0.3, -0.25) is 14.4 Å². The molecule has 2 N–H and O–H groups in total. The molecule has 0 aliphatic carbocycles. The highest BCUT2D eigenvalue weighted by molar-refractivity contribution is 5.85. The van der Waals surface area contributed by atoms with Crippen molar-refractivity contribution in [2.45, 2.75) is 91.6 Å². The summed E-state index contributed by atoms with van der Waals surface area (Å²) in [5.74, 6) is -0.201. The number of halogens is 1. The van der Waals surface area contributed by atoms with Gasteiger partial charge in [0.25, 0.3) is 0 Å². The maximum absolute atomic E-state index is 12.6. The number of carbonyl (C=O) groups excluding carboxylic acids is 3. The lowest BCUT2D eigenvalue weighted by atomic mass is 9.95. The molecule has 4 aromatic rings. The van der Waals surface area contributed by atoms with E-state index < -0.39 is 29.5 Å². The zero-order valence-electron chi connectivity index (χ0n) is 33.8. The monoisotopic (exact) mass is 789 g/mol. The van der Waals surface area contributed by atoms with E-state index in [1.54, 1.807) is 34.6 Å². The molecule has 0 unspecified atom stereocenters. The van der Waals surface area contributed by atoms with Gasteiger partial charge >= 0.3 is 17.9 Å². The van der Waals surface area contributed by atoms with Crippen molar-refractivity contribution in [2.75, 3.05) is 13.2 Å². The van der Waals surface area contributed by atoms with Gasteiger partial charge < -0.3 is 29.4 Å². The highest BCUT2D eigenvalue weighted by Crippen LogP contribution is 2.22. The zero-order chi connectivity index (χ0) is 40.2. The first-order valence-electron chi connectivity index (χ1n) is 19.0. The maximum Gasteiger partial charge on any atom is 0.322 e. The number of esters is 3. The Kier molecular flexibility index (Phi) is 20.8. The summed E-state index contributed by atoms with van der Waals surface area (Å²) in [6.07, 6.45) is 0.806. The van der Waals surface area contributed by atoms with Gasteiger partial charge in [0.15, 0.2) is 0 Å². The molecule has 0 fully saturated rings. The minimum Gasteiger partial charge on any atom is -0.493 e. The molecule has 4 rings (SSSR count). The Morgan fingerprint density at radius 1 is 0.571 bits per heavy atom. The summed E-state index contributed by atoms with van der Waals surface area (Å²) < 4.78 is 28.4. The van der Waals surface area contributed by atoms with Gasteiger partial charge in [0.2, 0.25) is 0 Å². The molecule has 4 aromatic carbocycles. The molecular weight excluding hydrogens is 730 g/mol. The van der Waals surface area contributed by atoms with Crippen LogP contribution in [0.25, 0.3) is 0 Å². The third kappa shape index (κ3) is 18.7. The number of carbonyl (C=O) groups is 3. The van der Waals surface area contributed by atoms with Gasteiger partial charge in [0.05, 0.1) is 25.6 Å². The normalized spacial score (nSPS) is 14.1. The van der Waals surface area contributed by atoms with E-state index in [0.29, 0.717) is 19.6 Å². The maximum atomic E-state index is 12.6. The Morgan fingerprint density at radius 2 is 0.929 bits per heavy atom. The third-order valence-corrected chi connectivity index (χ3v) is 8.69. The first kappa shape index (κ1) is 47.3. The molecule has 9 nitrogen and oxygen atoms in total. The summed E-state index contributed by atoms with van der Waals surface area (Å²) in [4.78, 5) is 36.5. The SMILES string of the molecule is C[C@H](CC(=O)OC(C)(C)C)C(=O)O[C@@H](C)[C@@H](COc1ccccc1)Cc1ccccc1.C[C@H](N)C(=O)O[C@@H](C)[C@@H](COc1ccccc1)Cc1ccccc1.Cl. The highest BCUT2D eigenvalue weighted by atomic mass is 35.5. The van der Waals surface area contributed by atoms with Crippen LogP contribution < -0.4 is 15.2 Å². The number of hydrogen-bond acceptors (Lipinski definition) is 9. The fraction of sp³-hybridized carbons (Fsp3) is 0.413. The third-order valence-electron chi connectivity index (χ3n) is 8.69. The molecule has 0 aliphatic rings. The van der Waals surface area contributed by atoms with Crippen molar-refractivity contribution in [3.63, 3.8) is 0 Å².